The van der Waals surface area contributed by atoms with Gasteiger partial charge < -0.3 is 10.3 Å². The highest BCUT2D eigenvalue weighted by molar-refractivity contribution is 6.36. The summed E-state index contributed by atoms with van der Waals surface area (Å²) in [6.45, 7) is 2.85. The van der Waals surface area contributed by atoms with E-state index in [4.69, 9.17) is 28.9 Å². The van der Waals surface area contributed by atoms with Crippen LogP contribution < -0.4 is 5.73 Å². The van der Waals surface area contributed by atoms with Crippen molar-refractivity contribution < 1.29 is 4.79 Å². The number of amides is 1. The molecule has 0 aliphatic rings. The number of primary amides is 1. The molecule has 0 aliphatic heterocycles. The molecular formula is C28H22Cl2N2O. The molecule has 1 aromatic heterocycles. The minimum Gasteiger partial charge on any atom is -0.366 e. The van der Waals surface area contributed by atoms with Gasteiger partial charge in [0.2, 0.25) is 5.91 Å². The number of halogens is 2. The maximum atomic E-state index is 12.3. The summed E-state index contributed by atoms with van der Waals surface area (Å²) in [5.41, 5.74) is 12.7. The number of rotatable bonds is 5. The van der Waals surface area contributed by atoms with E-state index in [1.807, 2.05) is 36.4 Å². The van der Waals surface area contributed by atoms with Crippen LogP contribution in [0.1, 0.15) is 28.4 Å². The van der Waals surface area contributed by atoms with Gasteiger partial charge in [-0.2, -0.15) is 0 Å². The fourth-order valence-corrected chi connectivity index (χ4v) is 5.16. The smallest absolute Gasteiger partial charge is 0.249 e. The van der Waals surface area contributed by atoms with Crippen LogP contribution in [0.4, 0.5) is 0 Å². The Hall–Kier alpha value is -3.27. The van der Waals surface area contributed by atoms with Crippen molar-refractivity contribution in [3.05, 3.63) is 106 Å². The molecule has 0 aliphatic carbocycles. The second kappa shape index (κ2) is 8.58. The van der Waals surface area contributed by atoms with E-state index in [0.717, 1.165) is 39.4 Å². The molecule has 5 rings (SSSR count). The van der Waals surface area contributed by atoms with Crippen molar-refractivity contribution in [2.24, 2.45) is 5.73 Å². The van der Waals surface area contributed by atoms with Gasteiger partial charge in [0, 0.05) is 38.5 Å². The number of nitrogens with two attached hydrogens (primary N) is 1. The van der Waals surface area contributed by atoms with Crippen LogP contribution in [-0.2, 0) is 13.0 Å². The Balaban J connectivity index is 1.81. The van der Waals surface area contributed by atoms with Gasteiger partial charge in [0.25, 0.3) is 0 Å². The molecule has 0 unspecified atom stereocenters. The maximum Gasteiger partial charge on any atom is 0.249 e. The summed E-state index contributed by atoms with van der Waals surface area (Å²) in [4.78, 5) is 12.3. The molecule has 5 heteroatoms. The first-order valence-electron chi connectivity index (χ1n) is 10.8. The number of aromatic nitrogens is 1. The number of nitrogens with zero attached hydrogens (tertiary/aromatic N) is 1. The lowest BCUT2D eigenvalue weighted by atomic mass is 10.0. The van der Waals surface area contributed by atoms with Crippen LogP contribution in [0.5, 0.6) is 0 Å². The lowest BCUT2D eigenvalue weighted by molar-refractivity contribution is 0.100. The lowest BCUT2D eigenvalue weighted by Gasteiger charge is -2.12. The summed E-state index contributed by atoms with van der Waals surface area (Å²) in [5.74, 6) is -0.432. The summed E-state index contributed by atoms with van der Waals surface area (Å²) in [6.07, 6.45) is 0.950. The molecule has 164 valence electrons. The zero-order valence-electron chi connectivity index (χ0n) is 18.1. The summed E-state index contributed by atoms with van der Waals surface area (Å²) in [6, 6.07) is 25.9. The van der Waals surface area contributed by atoms with Crippen LogP contribution in [-0.4, -0.2) is 10.5 Å². The van der Waals surface area contributed by atoms with Crippen molar-refractivity contribution in [3.8, 4) is 11.1 Å². The molecule has 1 heterocycles. The van der Waals surface area contributed by atoms with Gasteiger partial charge >= 0.3 is 0 Å². The Morgan fingerprint density at radius 2 is 1.67 bits per heavy atom. The quantitative estimate of drug-likeness (QED) is 0.283. The van der Waals surface area contributed by atoms with Gasteiger partial charge in [0.1, 0.15) is 0 Å². The predicted molar refractivity (Wildman–Crippen MR) is 138 cm³/mol. The van der Waals surface area contributed by atoms with Gasteiger partial charge in [-0.05, 0) is 53.4 Å². The Kier molecular flexibility index (Phi) is 5.61. The van der Waals surface area contributed by atoms with Crippen molar-refractivity contribution in [2.75, 3.05) is 0 Å². The van der Waals surface area contributed by atoms with Crippen molar-refractivity contribution in [1.29, 1.82) is 0 Å². The fraction of sp³-hybridized carbons (Fsp3) is 0.107. The number of hydrogen-bond acceptors (Lipinski definition) is 1. The normalized spacial score (nSPS) is 11.4. The van der Waals surface area contributed by atoms with Crippen molar-refractivity contribution >= 4 is 50.9 Å². The molecule has 33 heavy (non-hydrogen) atoms. The molecule has 0 saturated heterocycles. The molecule has 4 aromatic carbocycles. The van der Waals surface area contributed by atoms with E-state index < -0.39 is 5.91 Å². The Bertz CT molecular complexity index is 1530. The van der Waals surface area contributed by atoms with E-state index in [1.165, 1.54) is 11.1 Å². The molecule has 0 atom stereocenters. The number of carbonyl (C=O) groups is 1. The van der Waals surface area contributed by atoms with E-state index in [1.54, 1.807) is 12.1 Å². The van der Waals surface area contributed by atoms with Crippen molar-refractivity contribution in [2.45, 2.75) is 19.9 Å². The number of fused-ring (bicyclic) bond motifs is 3. The molecule has 0 fully saturated rings. The largest absolute Gasteiger partial charge is 0.366 e. The zero-order chi connectivity index (χ0) is 23.1. The maximum absolute atomic E-state index is 12.3. The van der Waals surface area contributed by atoms with E-state index in [2.05, 4.69) is 41.8 Å². The predicted octanol–water partition coefficient (Wildman–Crippen LogP) is 7.48. The summed E-state index contributed by atoms with van der Waals surface area (Å²) >= 11 is 12.6. The van der Waals surface area contributed by atoms with Crippen molar-refractivity contribution in [1.82, 2.24) is 4.57 Å². The van der Waals surface area contributed by atoms with Gasteiger partial charge in [0.15, 0.2) is 0 Å². The molecule has 0 saturated carbocycles. The average molecular weight is 473 g/mol. The molecule has 0 spiro atoms. The third-order valence-corrected chi connectivity index (χ3v) is 6.77. The highest BCUT2D eigenvalue weighted by Crippen LogP contribution is 2.37. The summed E-state index contributed by atoms with van der Waals surface area (Å²) < 4.78 is 2.26. The minimum atomic E-state index is -0.432. The number of carbonyl (C=O) groups excluding carboxylic acids is 1. The van der Waals surface area contributed by atoms with Crippen LogP contribution in [0.15, 0.2) is 78.9 Å². The highest BCUT2D eigenvalue weighted by atomic mass is 35.5. The van der Waals surface area contributed by atoms with Crippen LogP contribution in [0.2, 0.25) is 10.0 Å². The van der Waals surface area contributed by atoms with Crippen LogP contribution >= 0.6 is 23.2 Å². The van der Waals surface area contributed by atoms with Crippen LogP contribution in [0.25, 0.3) is 32.9 Å². The van der Waals surface area contributed by atoms with Crippen molar-refractivity contribution in [3.63, 3.8) is 0 Å². The van der Waals surface area contributed by atoms with Gasteiger partial charge in [-0.15, -0.1) is 0 Å². The molecular weight excluding hydrogens is 451 g/mol. The SMILES string of the molecule is CCc1ccccc1Cn1c2cc(-c3ccc(Cl)cc3Cl)ccc2c2c(C(N)=O)cccc21. The number of aryl methyl sites for hydroxylation is 1. The summed E-state index contributed by atoms with van der Waals surface area (Å²) in [7, 11) is 0. The Labute approximate surface area is 202 Å². The number of hydrogen-bond donors (Lipinski definition) is 1. The topological polar surface area (TPSA) is 48.0 Å². The Morgan fingerprint density at radius 1 is 0.879 bits per heavy atom. The molecule has 2 N–H and O–H groups in total. The third kappa shape index (κ3) is 3.78. The highest BCUT2D eigenvalue weighted by Gasteiger charge is 2.18. The average Bonchev–Trinajstić information content (AvgIpc) is 3.12. The lowest BCUT2D eigenvalue weighted by Crippen LogP contribution is -2.11. The second-order valence-corrected chi connectivity index (χ2v) is 8.97. The fourth-order valence-electron chi connectivity index (χ4n) is 4.64. The van der Waals surface area contributed by atoms with Gasteiger partial charge in [-0.3, -0.25) is 4.79 Å². The number of benzene rings is 4. The van der Waals surface area contributed by atoms with Crippen LogP contribution in [0, 0.1) is 0 Å². The molecule has 0 bridgehead atoms. The van der Waals surface area contributed by atoms with Gasteiger partial charge in [0.05, 0.1) is 11.0 Å². The first-order chi connectivity index (χ1) is 16.0. The van der Waals surface area contributed by atoms with Gasteiger partial charge in [-0.25, -0.2) is 0 Å². The Morgan fingerprint density at radius 3 is 2.39 bits per heavy atom. The first kappa shape index (κ1) is 21.6. The second-order valence-electron chi connectivity index (χ2n) is 8.13. The molecule has 5 aromatic rings. The molecule has 3 nitrogen and oxygen atoms in total. The van der Waals surface area contributed by atoms with E-state index in [9.17, 15) is 4.79 Å². The third-order valence-electron chi connectivity index (χ3n) is 6.23. The molecule has 1 amide bonds. The van der Waals surface area contributed by atoms with Gasteiger partial charge in [-0.1, -0.05) is 78.7 Å². The first-order valence-corrected chi connectivity index (χ1v) is 11.6. The van der Waals surface area contributed by atoms with E-state index in [-0.39, 0.29) is 0 Å². The summed E-state index contributed by atoms with van der Waals surface area (Å²) in [5, 5.41) is 3.06. The molecule has 0 radical (unpaired) electrons. The minimum absolute atomic E-state index is 0.432. The van der Waals surface area contributed by atoms with Crippen LogP contribution in [0.3, 0.4) is 0 Å². The standard InChI is InChI=1S/C28H22Cl2N2O/c1-2-17-6-3-4-7-19(17)16-32-25-9-5-8-23(28(31)33)27(25)22-12-10-18(14-26(22)32)21-13-11-20(29)15-24(21)30/h3-15H,2,16H2,1H3,(H2,31,33). The monoisotopic (exact) mass is 472 g/mol. The zero-order valence-corrected chi connectivity index (χ0v) is 19.6. The van der Waals surface area contributed by atoms with E-state index in [0.29, 0.717) is 22.2 Å². The van der Waals surface area contributed by atoms with E-state index >= 15 is 0 Å².